The molecule has 2 N–H and O–H groups in total. The second-order valence-corrected chi connectivity index (χ2v) is 8.75. The largest absolute Gasteiger partial charge is 0.367 e. The molecule has 0 bridgehead atoms. The highest BCUT2D eigenvalue weighted by atomic mass is 35.5. The SMILES string of the molecule is O=C(C[C@@H]1C(=O)NCCN1C(=O)CN1CCN(c2ccccc2F)CC1)Nc1ccccc1Cl. The summed E-state index contributed by atoms with van der Waals surface area (Å²) in [5.74, 6) is -1.21. The molecule has 2 aliphatic rings. The number of para-hydroxylation sites is 2. The van der Waals surface area contributed by atoms with Gasteiger partial charge in [0.15, 0.2) is 0 Å². The summed E-state index contributed by atoms with van der Waals surface area (Å²) in [5, 5.41) is 5.84. The number of halogens is 2. The maximum absolute atomic E-state index is 14.1. The van der Waals surface area contributed by atoms with Crippen LogP contribution >= 0.6 is 11.6 Å². The van der Waals surface area contributed by atoms with E-state index in [9.17, 15) is 18.8 Å². The van der Waals surface area contributed by atoms with Crippen molar-refractivity contribution >= 4 is 40.7 Å². The quantitative estimate of drug-likeness (QED) is 0.650. The Morgan fingerprint density at radius 1 is 1.03 bits per heavy atom. The average Bonchev–Trinajstić information content (AvgIpc) is 2.83. The molecule has 2 fully saturated rings. The van der Waals surface area contributed by atoms with Crippen LogP contribution in [0.5, 0.6) is 0 Å². The number of hydrogen-bond acceptors (Lipinski definition) is 5. The first-order valence-electron chi connectivity index (χ1n) is 11.3. The molecule has 34 heavy (non-hydrogen) atoms. The van der Waals surface area contributed by atoms with Crippen LogP contribution in [-0.4, -0.2) is 79.4 Å². The zero-order chi connectivity index (χ0) is 24.1. The van der Waals surface area contributed by atoms with Crippen molar-refractivity contribution in [2.24, 2.45) is 0 Å². The van der Waals surface area contributed by atoms with Crippen molar-refractivity contribution in [2.45, 2.75) is 12.5 Å². The van der Waals surface area contributed by atoms with Gasteiger partial charge in [0.25, 0.3) is 0 Å². The van der Waals surface area contributed by atoms with E-state index in [2.05, 4.69) is 10.6 Å². The Labute approximate surface area is 202 Å². The van der Waals surface area contributed by atoms with E-state index in [-0.39, 0.29) is 30.6 Å². The Hall–Kier alpha value is -3.17. The Kier molecular flexibility index (Phi) is 7.64. The number of nitrogens with one attached hydrogen (secondary N) is 2. The van der Waals surface area contributed by atoms with Gasteiger partial charge in [0.2, 0.25) is 17.7 Å². The summed E-state index contributed by atoms with van der Waals surface area (Å²) in [6.07, 6.45) is -0.163. The van der Waals surface area contributed by atoms with Crippen LogP contribution in [-0.2, 0) is 14.4 Å². The molecule has 180 valence electrons. The lowest BCUT2D eigenvalue weighted by Crippen LogP contribution is -2.60. The van der Waals surface area contributed by atoms with E-state index < -0.39 is 11.9 Å². The van der Waals surface area contributed by atoms with Crippen molar-refractivity contribution in [3.8, 4) is 0 Å². The van der Waals surface area contributed by atoms with Crippen molar-refractivity contribution in [1.82, 2.24) is 15.1 Å². The van der Waals surface area contributed by atoms with E-state index in [0.717, 1.165) is 0 Å². The molecule has 2 aliphatic heterocycles. The molecule has 2 heterocycles. The van der Waals surface area contributed by atoms with Crippen LogP contribution in [0.1, 0.15) is 6.42 Å². The highest BCUT2D eigenvalue weighted by molar-refractivity contribution is 6.33. The van der Waals surface area contributed by atoms with Crippen molar-refractivity contribution in [1.29, 1.82) is 0 Å². The summed E-state index contributed by atoms with van der Waals surface area (Å²) >= 11 is 6.10. The first-order chi connectivity index (χ1) is 16.4. The van der Waals surface area contributed by atoms with Crippen molar-refractivity contribution < 1.29 is 18.8 Å². The molecular weight excluding hydrogens is 461 g/mol. The lowest BCUT2D eigenvalue weighted by atomic mass is 10.1. The van der Waals surface area contributed by atoms with E-state index in [1.165, 1.54) is 11.0 Å². The minimum atomic E-state index is -0.886. The lowest BCUT2D eigenvalue weighted by molar-refractivity contribution is -0.145. The number of anilines is 2. The first-order valence-corrected chi connectivity index (χ1v) is 11.6. The minimum Gasteiger partial charge on any atom is -0.367 e. The lowest BCUT2D eigenvalue weighted by Gasteiger charge is -2.39. The Morgan fingerprint density at radius 3 is 2.47 bits per heavy atom. The van der Waals surface area contributed by atoms with Crippen LogP contribution < -0.4 is 15.5 Å². The van der Waals surface area contributed by atoms with Gasteiger partial charge in [-0.05, 0) is 24.3 Å². The summed E-state index contributed by atoms with van der Waals surface area (Å²) in [6, 6.07) is 12.6. The molecule has 1 atom stereocenters. The van der Waals surface area contributed by atoms with Crippen LogP contribution in [0.2, 0.25) is 5.02 Å². The number of nitrogens with zero attached hydrogens (tertiary/aromatic N) is 3. The maximum Gasteiger partial charge on any atom is 0.243 e. The molecule has 0 spiro atoms. The molecule has 2 aromatic rings. The van der Waals surface area contributed by atoms with Gasteiger partial charge in [-0.3, -0.25) is 19.3 Å². The van der Waals surface area contributed by atoms with E-state index >= 15 is 0 Å². The van der Waals surface area contributed by atoms with Gasteiger partial charge < -0.3 is 20.4 Å². The van der Waals surface area contributed by atoms with E-state index in [4.69, 9.17) is 11.6 Å². The molecule has 2 aromatic carbocycles. The van der Waals surface area contributed by atoms with Crippen molar-refractivity contribution in [3.63, 3.8) is 0 Å². The predicted molar refractivity (Wildman–Crippen MR) is 128 cm³/mol. The first kappa shape index (κ1) is 24.0. The average molecular weight is 488 g/mol. The van der Waals surface area contributed by atoms with Gasteiger partial charge in [0.05, 0.1) is 29.4 Å². The molecule has 0 saturated carbocycles. The Balaban J connectivity index is 1.34. The third kappa shape index (κ3) is 5.66. The number of hydrogen-bond donors (Lipinski definition) is 2. The predicted octanol–water partition coefficient (Wildman–Crippen LogP) is 1.96. The van der Waals surface area contributed by atoms with E-state index in [0.29, 0.717) is 55.7 Å². The molecule has 2 saturated heterocycles. The molecule has 0 aromatic heterocycles. The smallest absolute Gasteiger partial charge is 0.243 e. The second kappa shape index (κ2) is 10.8. The van der Waals surface area contributed by atoms with Gasteiger partial charge in [-0.15, -0.1) is 0 Å². The number of amides is 3. The summed E-state index contributed by atoms with van der Waals surface area (Å²) in [5.41, 5.74) is 1.02. The van der Waals surface area contributed by atoms with Gasteiger partial charge in [0, 0.05) is 39.3 Å². The van der Waals surface area contributed by atoms with Crippen LogP contribution in [0.25, 0.3) is 0 Å². The van der Waals surface area contributed by atoms with Gasteiger partial charge >= 0.3 is 0 Å². The third-order valence-corrected chi connectivity index (χ3v) is 6.43. The summed E-state index contributed by atoms with van der Waals surface area (Å²) in [7, 11) is 0. The zero-order valence-electron chi connectivity index (χ0n) is 18.7. The highest BCUT2D eigenvalue weighted by Crippen LogP contribution is 2.22. The Bertz CT molecular complexity index is 1060. The standard InChI is InChI=1S/C24H27ClFN5O3/c25-17-5-1-3-7-19(17)28-22(32)15-21-24(34)27-9-10-31(21)23(33)16-29-11-13-30(14-12-29)20-8-4-2-6-18(20)26/h1-8,21H,9-16H2,(H,27,34)(H,28,32)/t21-/m1/s1. The molecular formula is C24H27ClFN5O3. The van der Waals surface area contributed by atoms with Crippen LogP contribution in [0, 0.1) is 5.82 Å². The Morgan fingerprint density at radius 2 is 1.74 bits per heavy atom. The molecule has 0 unspecified atom stereocenters. The molecule has 4 rings (SSSR count). The minimum absolute atomic E-state index is 0.140. The van der Waals surface area contributed by atoms with Crippen molar-refractivity contribution in [3.05, 3.63) is 59.4 Å². The number of rotatable bonds is 6. The summed E-state index contributed by atoms with van der Waals surface area (Å²) in [6.45, 7) is 3.20. The van der Waals surface area contributed by atoms with Crippen LogP contribution in [0.4, 0.5) is 15.8 Å². The van der Waals surface area contributed by atoms with Gasteiger partial charge in [-0.25, -0.2) is 4.39 Å². The van der Waals surface area contributed by atoms with Crippen molar-refractivity contribution in [2.75, 3.05) is 56.0 Å². The molecule has 10 heteroatoms. The normalized spacial score (nSPS) is 19.0. The highest BCUT2D eigenvalue weighted by Gasteiger charge is 2.35. The van der Waals surface area contributed by atoms with E-state index in [1.807, 2.05) is 9.80 Å². The number of piperazine rings is 2. The fourth-order valence-corrected chi connectivity index (χ4v) is 4.48. The van der Waals surface area contributed by atoms with Gasteiger partial charge in [-0.2, -0.15) is 0 Å². The number of benzene rings is 2. The fraction of sp³-hybridized carbons (Fsp3) is 0.375. The second-order valence-electron chi connectivity index (χ2n) is 8.34. The van der Waals surface area contributed by atoms with Crippen LogP contribution in [0.3, 0.4) is 0 Å². The molecule has 3 amide bonds. The summed E-state index contributed by atoms with van der Waals surface area (Å²) in [4.78, 5) is 43.7. The monoisotopic (exact) mass is 487 g/mol. The molecule has 0 aliphatic carbocycles. The zero-order valence-corrected chi connectivity index (χ0v) is 19.4. The molecule has 0 radical (unpaired) electrons. The van der Waals surface area contributed by atoms with Crippen LogP contribution in [0.15, 0.2) is 48.5 Å². The third-order valence-electron chi connectivity index (χ3n) is 6.10. The summed E-state index contributed by atoms with van der Waals surface area (Å²) < 4.78 is 14.1. The van der Waals surface area contributed by atoms with Gasteiger partial charge in [0.1, 0.15) is 11.9 Å². The topological polar surface area (TPSA) is 85.0 Å². The molecule has 8 nitrogen and oxygen atoms in total. The maximum atomic E-state index is 14.1. The van der Waals surface area contributed by atoms with Gasteiger partial charge in [-0.1, -0.05) is 35.9 Å². The fourth-order valence-electron chi connectivity index (χ4n) is 4.29. The number of carbonyl (C=O) groups is 3. The number of carbonyl (C=O) groups excluding carboxylic acids is 3. The van der Waals surface area contributed by atoms with E-state index in [1.54, 1.807) is 42.5 Å².